The van der Waals surface area contributed by atoms with Gasteiger partial charge in [-0.15, -0.1) is 0 Å². The molecule has 1 aliphatic rings. The molecule has 4 nitrogen and oxygen atoms in total. The number of carbonyl (C=O) groups is 2. The molecule has 7 heteroatoms. The summed E-state index contributed by atoms with van der Waals surface area (Å²) in [5, 5.41) is 3.09. The third kappa shape index (κ3) is 3.52. The number of para-hydroxylation sites is 2. The van der Waals surface area contributed by atoms with Crippen molar-refractivity contribution in [3.8, 4) is 0 Å². The molecule has 0 spiro atoms. The first-order valence-corrected chi connectivity index (χ1v) is 8.93. The molecule has 1 fully saturated rings. The smallest absolute Gasteiger partial charge is 0.337 e. The first-order valence-electron chi connectivity index (χ1n) is 8.93. The lowest BCUT2D eigenvalue weighted by Gasteiger charge is -2.14. The van der Waals surface area contributed by atoms with Gasteiger partial charge in [-0.3, -0.25) is 9.59 Å². The predicted octanol–water partition coefficient (Wildman–Crippen LogP) is 4.89. The number of benzene rings is 2. The van der Waals surface area contributed by atoms with Crippen molar-refractivity contribution in [3.05, 3.63) is 65.9 Å². The number of alkyl halides is 3. The van der Waals surface area contributed by atoms with E-state index in [0.717, 1.165) is 24.3 Å². The third-order valence-electron chi connectivity index (χ3n) is 4.82. The Labute approximate surface area is 159 Å². The lowest BCUT2D eigenvalue weighted by atomic mass is 10.1. The molecule has 0 unspecified atom stereocenters. The number of nitrogens with one attached hydrogen (secondary N) is 1. The van der Waals surface area contributed by atoms with Crippen molar-refractivity contribution < 1.29 is 22.8 Å². The molecular formula is C21H17F3N2O2. The number of nitrogens with zero attached hydrogens (tertiary/aromatic N) is 1. The maximum atomic E-state index is 13.1. The number of anilines is 1. The van der Waals surface area contributed by atoms with Crippen LogP contribution in [-0.4, -0.2) is 16.3 Å². The lowest BCUT2D eigenvalue weighted by Crippen LogP contribution is -2.20. The van der Waals surface area contributed by atoms with E-state index in [4.69, 9.17) is 0 Å². The molecule has 0 bridgehead atoms. The van der Waals surface area contributed by atoms with Crippen LogP contribution in [0.4, 0.5) is 18.9 Å². The van der Waals surface area contributed by atoms with Gasteiger partial charge in [0.2, 0.25) is 5.91 Å². The Balaban J connectivity index is 1.61. The predicted molar refractivity (Wildman–Crippen MR) is 99.1 cm³/mol. The van der Waals surface area contributed by atoms with E-state index in [1.165, 1.54) is 18.2 Å². The van der Waals surface area contributed by atoms with Crippen molar-refractivity contribution in [1.29, 1.82) is 0 Å². The molecule has 1 heterocycles. The number of hydrogen-bond acceptors (Lipinski definition) is 2. The average molecular weight is 386 g/mol. The molecule has 0 radical (unpaired) electrons. The number of fused-ring (bicyclic) bond motifs is 1. The van der Waals surface area contributed by atoms with E-state index in [1.807, 2.05) is 12.1 Å². The highest BCUT2D eigenvalue weighted by atomic mass is 19.4. The van der Waals surface area contributed by atoms with Gasteiger partial charge in [-0.2, -0.15) is 13.2 Å². The number of carbonyl (C=O) groups excluding carboxylic acids is 2. The van der Waals surface area contributed by atoms with Crippen LogP contribution in [0.15, 0.2) is 54.7 Å². The zero-order chi connectivity index (χ0) is 19.9. The topological polar surface area (TPSA) is 51.1 Å². The molecule has 0 saturated heterocycles. The number of amides is 1. The maximum absolute atomic E-state index is 13.1. The Morgan fingerprint density at radius 3 is 2.43 bits per heavy atom. The van der Waals surface area contributed by atoms with Gasteiger partial charge < -0.3 is 9.88 Å². The van der Waals surface area contributed by atoms with E-state index < -0.39 is 17.6 Å². The monoisotopic (exact) mass is 386 g/mol. The average Bonchev–Trinajstić information content (AvgIpc) is 3.44. The van der Waals surface area contributed by atoms with Gasteiger partial charge in [-0.05, 0) is 31.0 Å². The van der Waals surface area contributed by atoms with Crippen LogP contribution in [0, 0.1) is 5.92 Å². The summed E-state index contributed by atoms with van der Waals surface area (Å²) < 4.78 is 40.9. The van der Waals surface area contributed by atoms with Gasteiger partial charge in [0.05, 0.1) is 11.3 Å². The van der Waals surface area contributed by atoms with Gasteiger partial charge in [-0.1, -0.05) is 30.3 Å². The van der Waals surface area contributed by atoms with Crippen molar-refractivity contribution in [2.45, 2.75) is 25.6 Å². The quantitative estimate of drug-likeness (QED) is 0.635. The summed E-state index contributed by atoms with van der Waals surface area (Å²) in [6, 6.07) is 12.1. The molecular weight excluding hydrogens is 369 g/mol. The SMILES string of the molecule is O=C(Cn1cc(C(=O)C2CC2)c2ccccc21)Nc1ccccc1C(F)(F)F. The van der Waals surface area contributed by atoms with Crippen LogP contribution >= 0.6 is 0 Å². The molecule has 1 aliphatic carbocycles. The third-order valence-corrected chi connectivity index (χ3v) is 4.82. The van der Waals surface area contributed by atoms with E-state index >= 15 is 0 Å². The van der Waals surface area contributed by atoms with Crippen LogP contribution in [-0.2, 0) is 17.5 Å². The minimum absolute atomic E-state index is 0.0340. The summed E-state index contributed by atoms with van der Waals surface area (Å²) in [6.45, 7) is -0.190. The molecule has 28 heavy (non-hydrogen) atoms. The minimum atomic E-state index is -4.56. The molecule has 0 atom stereocenters. The zero-order valence-electron chi connectivity index (χ0n) is 14.8. The fourth-order valence-electron chi connectivity index (χ4n) is 3.32. The Bertz CT molecular complexity index is 1060. The zero-order valence-corrected chi connectivity index (χ0v) is 14.8. The van der Waals surface area contributed by atoms with Gasteiger partial charge in [0, 0.05) is 28.6 Å². The molecule has 144 valence electrons. The molecule has 2 aromatic carbocycles. The van der Waals surface area contributed by atoms with Gasteiger partial charge in [-0.25, -0.2) is 0 Å². The van der Waals surface area contributed by atoms with Crippen molar-refractivity contribution in [3.63, 3.8) is 0 Å². The first-order chi connectivity index (χ1) is 13.3. The van der Waals surface area contributed by atoms with Crippen LogP contribution in [0.3, 0.4) is 0 Å². The van der Waals surface area contributed by atoms with Gasteiger partial charge in [0.15, 0.2) is 5.78 Å². The highest BCUT2D eigenvalue weighted by Gasteiger charge is 2.34. The van der Waals surface area contributed by atoms with Gasteiger partial charge in [0.25, 0.3) is 0 Å². The Hall–Kier alpha value is -3.09. The Morgan fingerprint density at radius 2 is 1.71 bits per heavy atom. The van der Waals surface area contributed by atoms with E-state index in [-0.39, 0.29) is 23.9 Å². The molecule has 3 aromatic rings. The van der Waals surface area contributed by atoms with Gasteiger partial charge in [0.1, 0.15) is 6.54 Å². The maximum Gasteiger partial charge on any atom is 0.418 e. The van der Waals surface area contributed by atoms with Crippen LogP contribution in [0.5, 0.6) is 0 Å². The van der Waals surface area contributed by atoms with E-state index in [2.05, 4.69) is 5.32 Å². The van der Waals surface area contributed by atoms with Crippen molar-refractivity contribution in [2.75, 3.05) is 5.32 Å². The number of aromatic nitrogens is 1. The Kier molecular flexibility index (Phi) is 4.45. The van der Waals surface area contributed by atoms with Crippen LogP contribution in [0.2, 0.25) is 0 Å². The summed E-state index contributed by atoms with van der Waals surface area (Å²) in [6.07, 6.45) is -1.20. The summed E-state index contributed by atoms with van der Waals surface area (Å²) in [4.78, 5) is 25.0. The molecule has 1 N–H and O–H groups in total. The number of ketones is 1. The highest BCUT2D eigenvalue weighted by Crippen LogP contribution is 2.36. The van der Waals surface area contributed by atoms with E-state index in [0.29, 0.717) is 11.1 Å². The van der Waals surface area contributed by atoms with E-state index in [1.54, 1.807) is 22.9 Å². The largest absolute Gasteiger partial charge is 0.418 e. The molecule has 0 aliphatic heterocycles. The van der Waals surface area contributed by atoms with Crippen molar-refractivity contribution >= 4 is 28.3 Å². The number of Topliss-reactive ketones (excluding diaryl/α,β-unsaturated/α-hetero) is 1. The van der Waals surface area contributed by atoms with Crippen molar-refractivity contribution in [2.24, 2.45) is 5.92 Å². The number of halogens is 3. The van der Waals surface area contributed by atoms with Crippen molar-refractivity contribution in [1.82, 2.24) is 4.57 Å². The fraction of sp³-hybridized carbons (Fsp3) is 0.238. The molecule has 1 aromatic heterocycles. The van der Waals surface area contributed by atoms with Crippen LogP contribution in [0.1, 0.15) is 28.8 Å². The molecule has 4 rings (SSSR count). The van der Waals surface area contributed by atoms with Crippen LogP contribution < -0.4 is 5.32 Å². The summed E-state index contributed by atoms with van der Waals surface area (Å²) >= 11 is 0. The summed E-state index contributed by atoms with van der Waals surface area (Å²) in [7, 11) is 0. The fourth-order valence-corrected chi connectivity index (χ4v) is 3.32. The minimum Gasteiger partial charge on any atom is -0.337 e. The standard InChI is InChI=1S/C21H17F3N2O2/c22-21(23,24)16-6-2-3-7-17(16)25-19(27)12-26-11-15(20(28)13-9-10-13)14-5-1-4-8-18(14)26/h1-8,11,13H,9-10,12H2,(H,25,27). The normalized spacial score (nSPS) is 14.2. The highest BCUT2D eigenvalue weighted by molar-refractivity contribution is 6.10. The van der Waals surface area contributed by atoms with Crippen LogP contribution in [0.25, 0.3) is 10.9 Å². The first kappa shape index (κ1) is 18.3. The second-order valence-corrected chi connectivity index (χ2v) is 6.92. The molecule has 1 amide bonds. The number of hydrogen-bond donors (Lipinski definition) is 1. The van der Waals surface area contributed by atoms with Gasteiger partial charge >= 0.3 is 6.18 Å². The summed E-state index contributed by atoms with van der Waals surface area (Å²) in [5.74, 6) is -0.507. The Morgan fingerprint density at radius 1 is 1.04 bits per heavy atom. The summed E-state index contributed by atoms with van der Waals surface area (Å²) in [5.41, 5.74) is 0.0726. The van der Waals surface area contributed by atoms with E-state index in [9.17, 15) is 22.8 Å². The second-order valence-electron chi connectivity index (χ2n) is 6.92. The second kappa shape index (κ2) is 6.82. The number of rotatable bonds is 5. The molecule has 1 saturated carbocycles. The lowest BCUT2D eigenvalue weighted by molar-refractivity contribution is -0.137.